The Hall–Kier alpha value is -2.87. The van der Waals surface area contributed by atoms with Crippen molar-refractivity contribution in [3.05, 3.63) is 64.7 Å². The highest BCUT2D eigenvalue weighted by Crippen LogP contribution is 2.17. The Labute approximate surface area is 139 Å². The molecule has 0 aliphatic rings. The first-order valence-corrected chi connectivity index (χ1v) is 7.38. The van der Waals surface area contributed by atoms with Crippen molar-refractivity contribution in [2.75, 3.05) is 10.6 Å². The predicted molar refractivity (Wildman–Crippen MR) is 87.3 cm³/mol. The van der Waals surface area contributed by atoms with Crippen molar-refractivity contribution in [1.82, 2.24) is 10.2 Å². The van der Waals surface area contributed by atoms with Gasteiger partial charge in [0.15, 0.2) is 10.4 Å². The third kappa shape index (κ3) is 3.67. The lowest BCUT2D eigenvalue weighted by atomic mass is 10.2. The number of aromatic amines is 1. The molecule has 0 atom stereocenters. The summed E-state index contributed by atoms with van der Waals surface area (Å²) >= 11 is 3.14. The number of benzene rings is 1. The fourth-order valence-electron chi connectivity index (χ4n) is 1.89. The zero-order valence-corrected chi connectivity index (χ0v) is 13.3. The van der Waals surface area contributed by atoms with Crippen molar-refractivity contribution in [2.45, 2.75) is 0 Å². The van der Waals surface area contributed by atoms with Crippen LogP contribution in [-0.2, 0) is 0 Å². The lowest BCUT2D eigenvalue weighted by Crippen LogP contribution is -2.14. The average molecular weight is 375 g/mol. The van der Waals surface area contributed by atoms with Crippen LogP contribution in [0.4, 0.5) is 11.5 Å². The van der Waals surface area contributed by atoms with Crippen molar-refractivity contribution in [3.63, 3.8) is 0 Å². The molecule has 0 bridgehead atoms. The number of H-pyrrole nitrogens is 1. The second kappa shape index (κ2) is 6.49. The van der Waals surface area contributed by atoms with E-state index in [1.54, 1.807) is 42.5 Å². The van der Waals surface area contributed by atoms with E-state index < -0.39 is 5.91 Å². The molecule has 23 heavy (non-hydrogen) atoms. The molecule has 3 aromatic rings. The Kier molecular flexibility index (Phi) is 4.24. The van der Waals surface area contributed by atoms with Crippen molar-refractivity contribution >= 4 is 39.2 Å². The first-order valence-electron chi connectivity index (χ1n) is 6.59. The quantitative estimate of drug-likeness (QED) is 0.652. The molecule has 3 rings (SSSR count). The van der Waals surface area contributed by atoms with Crippen LogP contribution >= 0.6 is 15.9 Å². The first-order chi connectivity index (χ1) is 11.1. The molecule has 0 saturated carbocycles. The van der Waals surface area contributed by atoms with E-state index in [9.17, 15) is 9.59 Å². The molecule has 0 saturated heterocycles. The van der Waals surface area contributed by atoms with Crippen LogP contribution in [0.25, 0.3) is 0 Å². The van der Waals surface area contributed by atoms with Crippen LogP contribution in [0, 0.1) is 0 Å². The molecule has 116 valence electrons. The molecule has 2 amide bonds. The Morgan fingerprint density at radius 1 is 1.09 bits per heavy atom. The van der Waals surface area contributed by atoms with E-state index >= 15 is 0 Å². The number of carbonyl (C=O) groups is 2. The van der Waals surface area contributed by atoms with Gasteiger partial charge in [0, 0.05) is 17.3 Å². The molecular weight excluding hydrogens is 364 g/mol. The lowest BCUT2D eigenvalue weighted by Gasteiger charge is -2.06. The second-order valence-corrected chi connectivity index (χ2v) is 5.34. The minimum Gasteiger partial charge on any atom is -0.444 e. The van der Waals surface area contributed by atoms with Crippen LogP contribution in [0.5, 0.6) is 0 Å². The number of anilines is 2. The number of aromatic nitrogens is 2. The summed E-state index contributed by atoms with van der Waals surface area (Å²) in [5.74, 6) is -0.0537. The highest BCUT2D eigenvalue weighted by atomic mass is 79.9. The summed E-state index contributed by atoms with van der Waals surface area (Å²) in [5.41, 5.74) is 0.887. The Morgan fingerprint density at radius 3 is 2.65 bits per heavy atom. The first kappa shape index (κ1) is 15.0. The molecule has 0 spiro atoms. The van der Waals surface area contributed by atoms with Crippen LogP contribution in [0.1, 0.15) is 20.9 Å². The Morgan fingerprint density at radius 2 is 1.96 bits per heavy atom. The van der Waals surface area contributed by atoms with Crippen molar-refractivity contribution in [3.8, 4) is 0 Å². The van der Waals surface area contributed by atoms with Crippen molar-refractivity contribution in [2.24, 2.45) is 0 Å². The predicted octanol–water partition coefficient (Wildman–Crippen LogP) is 3.27. The van der Waals surface area contributed by atoms with Gasteiger partial charge in [0.05, 0.1) is 6.20 Å². The standard InChI is InChI=1S/C15H11BrN4O3/c16-12-5-4-11(23-12)15(22)18-10-3-1-2-9(8-10)14(21)19-13-6-7-17-20-13/h1-8H,(H,18,22)(H2,17,19,20,21). The monoisotopic (exact) mass is 374 g/mol. The molecule has 7 nitrogen and oxygen atoms in total. The van der Waals surface area contributed by atoms with Crippen LogP contribution in [-0.4, -0.2) is 22.0 Å². The Bertz CT molecular complexity index is 842. The molecule has 0 radical (unpaired) electrons. The topological polar surface area (TPSA) is 100 Å². The third-order valence-corrected chi connectivity index (χ3v) is 3.35. The largest absolute Gasteiger partial charge is 0.444 e. The maximum Gasteiger partial charge on any atom is 0.291 e. The van der Waals surface area contributed by atoms with Gasteiger partial charge in [-0.1, -0.05) is 6.07 Å². The fourth-order valence-corrected chi connectivity index (χ4v) is 2.19. The molecular formula is C15H11BrN4O3. The van der Waals surface area contributed by atoms with Gasteiger partial charge >= 0.3 is 0 Å². The number of hydrogen-bond donors (Lipinski definition) is 3. The Balaban J connectivity index is 1.72. The number of nitrogens with one attached hydrogen (secondary N) is 3. The number of carbonyl (C=O) groups excluding carboxylic acids is 2. The number of furan rings is 1. The van der Waals surface area contributed by atoms with Crippen LogP contribution < -0.4 is 10.6 Å². The number of amides is 2. The van der Waals surface area contributed by atoms with Crippen LogP contribution in [0.15, 0.2) is 57.7 Å². The third-order valence-electron chi connectivity index (χ3n) is 2.93. The lowest BCUT2D eigenvalue weighted by molar-refractivity contribution is 0.0992. The molecule has 0 unspecified atom stereocenters. The van der Waals surface area contributed by atoms with E-state index in [1.165, 1.54) is 6.20 Å². The molecule has 2 aromatic heterocycles. The summed E-state index contributed by atoms with van der Waals surface area (Å²) in [6.07, 6.45) is 1.54. The van der Waals surface area contributed by atoms with E-state index in [0.717, 1.165) is 0 Å². The molecule has 0 aliphatic carbocycles. The second-order valence-electron chi connectivity index (χ2n) is 4.56. The SMILES string of the molecule is O=C(Nc1ccn[nH]1)c1cccc(NC(=O)c2ccc(Br)o2)c1. The molecule has 1 aromatic carbocycles. The van der Waals surface area contributed by atoms with Gasteiger partial charge in [-0.05, 0) is 46.3 Å². The van der Waals surface area contributed by atoms with Crippen LogP contribution in [0.2, 0.25) is 0 Å². The van der Waals surface area contributed by atoms with E-state index in [4.69, 9.17) is 4.42 Å². The van der Waals surface area contributed by atoms with Gasteiger partial charge in [-0.15, -0.1) is 0 Å². The summed E-state index contributed by atoms with van der Waals surface area (Å²) in [5, 5.41) is 11.7. The van der Waals surface area contributed by atoms with Gasteiger partial charge in [-0.25, -0.2) is 0 Å². The summed E-state index contributed by atoms with van der Waals surface area (Å²) in [6, 6.07) is 11.4. The maximum atomic E-state index is 12.1. The van der Waals surface area contributed by atoms with Gasteiger partial charge in [0.25, 0.3) is 11.8 Å². The summed E-state index contributed by atoms with van der Waals surface area (Å²) < 4.78 is 5.65. The normalized spacial score (nSPS) is 10.3. The van der Waals surface area contributed by atoms with Gasteiger partial charge in [-0.3, -0.25) is 14.7 Å². The summed E-state index contributed by atoms with van der Waals surface area (Å²) in [6.45, 7) is 0. The van der Waals surface area contributed by atoms with Crippen LogP contribution in [0.3, 0.4) is 0 Å². The van der Waals surface area contributed by atoms with Gasteiger partial charge in [0.1, 0.15) is 5.82 Å². The molecule has 8 heteroatoms. The number of nitrogens with zero attached hydrogens (tertiary/aromatic N) is 1. The van der Waals surface area contributed by atoms with Gasteiger partial charge in [-0.2, -0.15) is 5.10 Å². The zero-order chi connectivity index (χ0) is 16.2. The minimum absolute atomic E-state index is 0.171. The summed E-state index contributed by atoms with van der Waals surface area (Å²) in [7, 11) is 0. The molecule has 0 fully saturated rings. The maximum absolute atomic E-state index is 12.1. The van der Waals surface area contributed by atoms with E-state index in [-0.39, 0.29) is 11.7 Å². The van der Waals surface area contributed by atoms with Crippen molar-refractivity contribution < 1.29 is 14.0 Å². The highest BCUT2D eigenvalue weighted by molar-refractivity contribution is 9.10. The van der Waals surface area contributed by atoms with Gasteiger partial charge in [0.2, 0.25) is 0 Å². The van der Waals surface area contributed by atoms with Gasteiger partial charge < -0.3 is 15.1 Å². The highest BCUT2D eigenvalue weighted by Gasteiger charge is 2.12. The van der Waals surface area contributed by atoms with Crippen molar-refractivity contribution in [1.29, 1.82) is 0 Å². The molecule has 2 heterocycles. The fraction of sp³-hybridized carbons (Fsp3) is 0. The zero-order valence-electron chi connectivity index (χ0n) is 11.7. The minimum atomic E-state index is -0.401. The number of halogens is 1. The number of rotatable bonds is 4. The van der Waals surface area contributed by atoms with E-state index in [1.807, 2.05) is 0 Å². The summed E-state index contributed by atoms with van der Waals surface area (Å²) in [4.78, 5) is 24.2. The average Bonchev–Trinajstić information content (AvgIpc) is 3.19. The molecule has 0 aliphatic heterocycles. The molecule has 3 N–H and O–H groups in total. The number of hydrogen-bond acceptors (Lipinski definition) is 4. The smallest absolute Gasteiger partial charge is 0.291 e. The van der Waals surface area contributed by atoms with E-state index in [0.29, 0.717) is 21.7 Å². The van der Waals surface area contributed by atoms with E-state index in [2.05, 4.69) is 36.8 Å².